The van der Waals surface area contributed by atoms with Crippen molar-refractivity contribution in [2.75, 3.05) is 29.9 Å². The van der Waals surface area contributed by atoms with Crippen molar-refractivity contribution in [1.82, 2.24) is 4.90 Å². The van der Waals surface area contributed by atoms with Crippen LogP contribution in [0.2, 0.25) is 0 Å². The van der Waals surface area contributed by atoms with Crippen LogP contribution in [0.4, 0.5) is 11.4 Å². The molecular weight excluding hydrogens is 658 g/mol. The summed E-state index contributed by atoms with van der Waals surface area (Å²) in [7, 11) is 14.1. The third kappa shape index (κ3) is 9.25. The fraction of sp³-hybridized carbons (Fsp3) is 0.297. The maximum Gasteiger partial charge on any atom is 0.0146 e. The van der Waals surface area contributed by atoms with Crippen molar-refractivity contribution < 1.29 is 13.5 Å². The van der Waals surface area contributed by atoms with E-state index in [1.54, 1.807) is 0 Å². The minimum absolute atomic E-state index is 0.886. The second-order valence-electron chi connectivity index (χ2n) is 11.7. The molecule has 1 aliphatic rings. The van der Waals surface area contributed by atoms with Gasteiger partial charge in [-0.15, -0.1) is 0 Å². The third-order valence-electron chi connectivity index (χ3n) is 7.68. The molecule has 3 nitrogen and oxygen atoms in total. The van der Waals surface area contributed by atoms with Crippen LogP contribution in [0.15, 0.2) is 78.9 Å². The van der Waals surface area contributed by atoms with Gasteiger partial charge in [-0.3, -0.25) is 0 Å². The molecule has 4 aromatic rings. The first-order chi connectivity index (χ1) is 20.5. The van der Waals surface area contributed by atoms with Crippen LogP contribution in [-0.4, -0.2) is 29.6 Å². The van der Waals surface area contributed by atoms with E-state index in [0.717, 1.165) is 31.7 Å². The Morgan fingerprint density at radius 1 is 0.698 bits per heavy atom. The number of rotatable bonds is 7. The van der Waals surface area contributed by atoms with E-state index in [4.69, 9.17) is 19.4 Å². The molecule has 0 amide bonds. The summed E-state index contributed by atoms with van der Waals surface area (Å²) in [5.74, 6) is 0. The average Bonchev–Trinajstić information content (AvgIpc) is 3.38. The van der Waals surface area contributed by atoms with Crippen molar-refractivity contribution >= 4 is 35.4 Å². The third-order valence-corrected chi connectivity index (χ3v) is 9.52. The standard InChI is InChI=1S/C21H27N2.C16H17N.2ClH.Ru/c1-14-9-16(3)20(17(4)10-14)22-7-8-23(13-22)21-18(5)11-15(2)12-19(21)6;1-14-8-6-7-11-16(14)13-17(2)12-15-9-4-3-5-10-15;;;/h9-13H,7-8H2,1-6H3;1,3-11H,12-13H2,2H3;2*1H;/q-1;;;;+2/p-2. The number of anilines is 2. The maximum absolute atomic E-state index is 5.99. The van der Waals surface area contributed by atoms with Crippen molar-refractivity contribution in [3.8, 4) is 0 Å². The second-order valence-corrected chi connectivity index (χ2v) is 17.4. The predicted molar refractivity (Wildman–Crippen MR) is 185 cm³/mol. The Labute approximate surface area is 272 Å². The van der Waals surface area contributed by atoms with Gasteiger partial charge < -0.3 is 9.80 Å². The van der Waals surface area contributed by atoms with Gasteiger partial charge in [-0.1, -0.05) is 35.4 Å². The van der Waals surface area contributed by atoms with Gasteiger partial charge in [0.05, 0.1) is 0 Å². The van der Waals surface area contributed by atoms with E-state index in [1.165, 1.54) is 55.9 Å². The number of hydrogen-bond donors (Lipinski definition) is 0. The molecule has 0 aliphatic carbocycles. The fourth-order valence-corrected chi connectivity index (χ4v) is 8.07. The van der Waals surface area contributed by atoms with E-state index in [9.17, 15) is 0 Å². The van der Waals surface area contributed by atoms with E-state index in [1.807, 2.05) is 16.7 Å². The van der Waals surface area contributed by atoms with Crippen LogP contribution < -0.4 is 9.80 Å². The summed E-state index contributed by atoms with van der Waals surface area (Å²) >= 11 is -1.78. The molecule has 0 bridgehead atoms. The molecule has 4 aromatic carbocycles. The van der Waals surface area contributed by atoms with Crippen LogP contribution in [0, 0.1) is 48.2 Å². The Hall–Kier alpha value is -2.49. The molecule has 5 rings (SSSR count). The molecule has 0 atom stereocenters. The topological polar surface area (TPSA) is 9.72 Å². The minimum atomic E-state index is -1.78. The van der Waals surface area contributed by atoms with Crippen molar-refractivity contribution in [2.24, 2.45) is 0 Å². The zero-order chi connectivity index (χ0) is 31.1. The molecular formula is C37H44Cl2N3Ru-. The molecule has 0 unspecified atom stereocenters. The molecule has 6 heteroatoms. The molecule has 0 spiro atoms. The molecule has 1 heterocycles. The first kappa shape index (κ1) is 33.4. The molecule has 1 fully saturated rings. The number of nitrogens with zero attached hydrogens (tertiary/aromatic N) is 3. The molecule has 0 N–H and O–H groups in total. The van der Waals surface area contributed by atoms with Crippen LogP contribution in [0.1, 0.15) is 50.1 Å². The van der Waals surface area contributed by atoms with Gasteiger partial charge in [0.2, 0.25) is 0 Å². The van der Waals surface area contributed by atoms with Crippen LogP contribution in [0.5, 0.6) is 0 Å². The van der Waals surface area contributed by atoms with Gasteiger partial charge in [0.25, 0.3) is 0 Å². The first-order valence-corrected chi connectivity index (χ1v) is 20.2. The summed E-state index contributed by atoms with van der Waals surface area (Å²) in [5.41, 5.74) is 14.6. The minimum Gasteiger partial charge on any atom is -0.502 e. The predicted octanol–water partition coefficient (Wildman–Crippen LogP) is 9.38. The molecule has 1 aliphatic heterocycles. The van der Waals surface area contributed by atoms with Crippen molar-refractivity contribution in [3.63, 3.8) is 0 Å². The maximum atomic E-state index is 5.99. The van der Waals surface area contributed by atoms with E-state index in [0.29, 0.717) is 0 Å². The largest absolute Gasteiger partial charge is 0.502 e. The fourth-order valence-electron chi connectivity index (χ4n) is 6.19. The van der Waals surface area contributed by atoms with Gasteiger partial charge in [-0.25, -0.2) is 0 Å². The summed E-state index contributed by atoms with van der Waals surface area (Å²) in [6.07, 6.45) is 0. The summed E-state index contributed by atoms with van der Waals surface area (Å²) in [5, 5.41) is 0. The summed E-state index contributed by atoms with van der Waals surface area (Å²) < 4.78 is 2.01. The first-order valence-electron chi connectivity index (χ1n) is 14.7. The molecule has 43 heavy (non-hydrogen) atoms. The second kappa shape index (κ2) is 15.5. The number of benzene rings is 4. The summed E-state index contributed by atoms with van der Waals surface area (Å²) in [4.78, 5) is 7.10. The smallest absolute Gasteiger partial charge is 0.0146 e. The Bertz CT molecular complexity index is 1450. The molecule has 230 valence electrons. The van der Waals surface area contributed by atoms with Gasteiger partial charge in [-0.05, 0) is 63.8 Å². The Kier molecular flexibility index (Phi) is 12.0. The van der Waals surface area contributed by atoms with E-state index in [2.05, 4.69) is 137 Å². The zero-order valence-corrected chi connectivity index (χ0v) is 29.7. The summed E-state index contributed by atoms with van der Waals surface area (Å²) in [6.45, 7) is 19.4. The Morgan fingerprint density at radius 3 is 1.65 bits per heavy atom. The number of aryl methyl sites for hydroxylation is 6. The van der Waals surface area contributed by atoms with Crippen molar-refractivity contribution in [3.05, 3.63) is 136 Å². The molecule has 1 saturated heterocycles. The Balaban J connectivity index is 0.000000199. The van der Waals surface area contributed by atoms with Gasteiger partial charge in [-0.2, -0.15) is 6.67 Å². The average molecular weight is 703 g/mol. The van der Waals surface area contributed by atoms with Crippen molar-refractivity contribution in [1.29, 1.82) is 0 Å². The number of halogens is 2. The summed E-state index contributed by atoms with van der Waals surface area (Å²) in [6, 6.07) is 27.9. The SMILES string of the molecule is CN(Cc1ccccc1)Cc1ccccc1[CH]=[Ru]([Cl])[Cl].Cc1cc(C)c(N2[CH-]N(c3c(C)cc(C)cc3C)CC2)c(C)c1. The van der Waals surface area contributed by atoms with Gasteiger partial charge in [0.1, 0.15) is 0 Å². The van der Waals surface area contributed by atoms with Crippen LogP contribution in [-0.2, 0) is 26.6 Å². The van der Waals surface area contributed by atoms with Crippen LogP contribution in [0.25, 0.3) is 0 Å². The van der Waals surface area contributed by atoms with Crippen LogP contribution >= 0.6 is 19.4 Å². The molecule has 0 radical (unpaired) electrons. The van der Waals surface area contributed by atoms with Crippen molar-refractivity contribution in [2.45, 2.75) is 54.6 Å². The monoisotopic (exact) mass is 702 g/mol. The Morgan fingerprint density at radius 2 is 1.16 bits per heavy atom. The molecule has 0 aromatic heterocycles. The zero-order valence-electron chi connectivity index (χ0n) is 26.4. The van der Waals surface area contributed by atoms with E-state index < -0.39 is 13.5 Å². The van der Waals surface area contributed by atoms with Gasteiger partial charge >= 0.3 is 134 Å². The van der Waals surface area contributed by atoms with Gasteiger partial charge in [0.15, 0.2) is 0 Å². The quantitative estimate of drug-likeness (QED) is 0.140. The van der Waals surface area contributed by atoms with E-state index in [-0.39, 0.29) is 0 Å². The van der Waals surface area contributed by atoms with Gasteiger partial charge in [0, 0.05) is 24.5 Å². The normalized spacial score (nSPS) is 13.2. The molecule has 0 saturated carbocycles. The van der Waals surface area contributed by atoms with E-state index >= 15 is 0 Å². The number of hydrogen-bond acceptors (Lipinski definition) is 3. The van der Waals surface area contributed by atoms with Crippen LogP contribution in [0.3, 0.4) is 0 Å².